The van der Waals surface area contributed by atoms with E-state index in [1.165, 1.54) is 12.1 Å². The Morgan fingerprint density at radius 3 is 2.63 bits per heavy atom. The van der Waals surface area contributed by atoms with Crippen molar-refractivity contribution in [3.05, 3.63) is 17.0 Å². The van der Waals surface area contributed by atoms with Crippen LogP contribution in [0.2, 0.25) is 0 Å². The van der Waals surface area contributed by atoms with Gasteiger partial charge in [-0.15, -0.1) is 11.3 Å². The molecule has 0 aliphatic heterocycles. The van der Waals surface area contributed by atoms with Gasteiger partial charge >= 0.3 is 0 Å². The zero-order valence-electron chi connectivity index (χ0n) is 11.2. The molecule has 7 heteroatoms. The van der Waals surface area contributed by atoms with Gasteiger partial charge in [0.15, 0.2) is 0 Å². The molecule has 1 unspecified atom stereocenters. The molecule has 0 saturated heterocycles. The first kappa shape index (κ1) is 16.1. The van der Waals surface area contributed by atoms with E-state index in [1.54, 1.807) is 6.92 Å². The molecule has 0 aromatic carbocycles. The van der Waals surface area contributed by atoms with Gasteiger partial charge in [-0.1, -0.05) is 13.8 Å². The van der Waals surface area contributed by atoms with Crippen molar-refractivity contribution in [3.63, 3.8) is 0 Å². The molecule has 1 heterocycles. The maximum absolute atomic E-state index is 12.0. The van der Waals surface area contributed by atoms with E-state index < -0.39 is 15.6 Å². The van der Waals surface area contributed by atoms with Crippen LogP contribution < -0.4 is 4.72 Å². The van der Waals surface area contributed by atoms with Crippen LogP contribution in [0.4, 0.5) is 0 Å². The van der Waals surface area contributed by atoms with Gasteiger partial charge in [0.25, 0.3) is 0 Å². The molecule has 0 fully saturated rings. The second kappa shape index (κ2) is 6.01. The molecule has 1 aromatic heterocycles. The first-order valence-corrected chi connectivity index (χ1v) is 8.18. The molecular weight excluding hydrogens is 284 g/mol. The second-order valence-corrected chi connectivity index (χ2v) is 8.23. The third-order valence-electron chi connectivity index (χ3n) is 2.45. The first-order chi connectivity index (χ1) is 8.66. The SMILES string of the molecule is CC(C)CC(C)(O)CNS(=O)(=O)c1ccc(C#N)s1. The number of sulfonamides is 1. The summed E-state index contributed by atoms with van der Waals surface area (Å²) in [5.41, 5.74) is -1.09. The number of rotatable bonds is 6. The fourth-order valence-electron chi connectivity index (χ4n) is 1.80. The highest BCUT2D eigenvalue weighted by Gasteiger charge is 2.25. The summed E-state index contributed by atoms with van der Waals surface area (Å²) in [6.07, 6.45) is 0.503. The number of nitriles is 1. The lowest BCUT2D eigenvalue weighted by Gasteiger charge is -2.25. The van der Waals surface area contributed by atoms with Crippen molar-refractivity contribution >= 4 is 21.4 Å². The zero-order chi connectivity index (χ0) is 14.7. The monoisotopic (exact) mass is 302 g/mol. The lowest BCUT2D eigenvalue weighted by molar-refractivity contribution is 0.0437. The van der Waals surface area contributed by atoms with Crippen LogP contribution in [0.25, 0.3) is 0 Å². The van der Waals surface area contributed by atoms with Crippen molar-refractivity contribution in [2.45, 2.75) is 37.0 Å². The Hall–Kier alpha value is -0.940. The Morgan fingerprint density at radius 2 is 2.16 bits per heavy atom. The van der Waals surface area contributed by atoms with Gasteiger partial charge < -0.3 is 5.11 Å². The van der Waals surface area contributed by atoms with Gasteiger partial charge in [0.1, 0.15) is 15.2 Å². The summed E-state index contributed by atoms with van der Waals surface area (Å²) >= 11 is 0.911. The summed E-state index contributed by atoms with van der Waals surface area (Å²) in [7, 11) is -3.66. The summed E-state index contributed by atoms with van der Waals surface area (Å²) < 4.78 is 26.4. The predicted octanol–water partition coefficient (Wildman–Crippen LogP) is 1.70. The van der Waals surface area contributed by atoms with E-state index in [9.17, 15) is 13.5 Å². The van der Waals surface area contributed by atoms with E-state index in [0.717, 1.165) is 11.3 Å². The quantitative estimate of drug-likeness (QED) is 0.836. The van der Waals surface area contributed by atoms with Gasteiger partial charge in [0.05, 0.1) is 5.60 Å². The molecule has 106 valence electrons. The van der Waals surface area contributed by atoms with Crippen molar-refractivity contribution in [1.29, 1.82) is 5.26 Å². The lowest BCUT2D eigenvalue weighted by Crippen LogP contribution is -2.41. The van der Waals surface area contributed by atoms with Crippen LogP contribution in [0.5, 0.6) is 0 Å². The highest BCUT2D eigenvalue weighted by molar-refractivity contribution is 7.91. The molecule has 1 rings (SSSR count). The van der Waals surface area contributed by atoms with E-state index in [-0.39, 0.29) is 16.7 Å². The first-order valence-electron chi connectivity index (χ1n) is 5.88. The molecule has 5 nitrogen and oxygen atoms in total. The molecule has 0 aliphatic carbocycles. The Bertz CT molecular complexity index is 568. The van der Waals surface area contributed by atoms with Gasteiger partial charge in [0, 0.05) is 6.54 Å². The van der Waals surface area contributed by atoms with Crippen LogP contribution in [0, 0.1) is 17.2 Å². The van der Waals surface area contributed by atoms with E-state index in [2.05, 4.69) is 4.72 Å². The molecule has 1 atom stereocenters. The highest BCUT2D eigenvalue weighted by Crippen LogP contribution is 2.21. The van der Waals surface area contributed by atoms with Crippen molar-refractivity contribution in [1.82, 2.24) is 4.72 Å². The van der Waals surface area contributed by atoms with Gasteiger partial charge in [-0.05, 0) is 31.4 Å². The molecule has 19 heavy (non-hydrogen) atoms. The number of hydrogen-bond donors (Lipinski definition) is 2. The Kier molecular flexibility index (Phi) is 5.10. The van der Waals surface area contributed by atoms with Crippen molar-refractivity contribution < 1.29 is 13.5 Å². The van der Waals surface area contributed by atoms with E-state index in [1.807, 2.05) is 19.9 Å². The smallest absolute Gasteiger partial charge is 0.250 e. The molecule has 1 aromatic rings. The Balaban J connectivity index is 2.73. The Labute approximate surface area is 117 Å². The van der Waals surface area contributed by atoms with Gasteiger partial charge in [-0.25, -0.2) is 13.1 Å². The molecule has 0 amide bonds. The van der Waals surface area contributed by atoms with Gasteiger partial charge in [-0.2, -0.15) is 5.26 Å². The average molecular weight is 302 g/mol. The average Bonchev–Trinajstić information content (AvgIpc) is 2.74. The molecule has 0 spiro atoms. The van der Waals surface area contributed by atoms with Crippen LogP contribution in [-0.2, 0) is 10.0 Å². The number of nitrogens with one attached hydrogen (secondary N) is 1. The predicted molar refractivity (Wildman–Crippen MR) is 74.3 cm³/mol. The number of hydrogen-bond acceptors (Lipinski definition) is 5. The van der Waals surface area contributed by atoms with Gasteiger partial charge in [0.2, 0.25) is 10.0 Å². The van der Waals surface area contributed by atoms with Crippen molar-refractivity contribution in [2.24, 2.45) is 5.92 Å². The number of aliphatic hydroxyl groups is 1. The molecule has 0 saturated carbocycles. The van der Waals surface area contributed by atoms with Crippen LogP contribution >= 0.6 is 11.3 Å². The second-order valence-electron chi connectivity index (χ2n) is 5.15. The number of thiophene rings is 1. The van der Waals surface area contributed by atoms with Gasteiger partial charge in [-0.3, -0.25) is 0 Å². The minimum atomic E-state index is -3.66. The summed E-state index contributed by atoms with van der Waals surface area (Å²) in [5.74, 6) is 0.270. The van der Waals surface area contributed by atoms with E-state index >= 15 is 0 Å². The maximum Gasteiger partial charge on any atom is 0.250 e. The highest BCUT2D eigenvalue weighted by atomic mass is 32.2. The van der Waals surface area contributed by atoms with Crippen LogP contribution in [0.1, 0.15) is 32.1 Å². The van der Waals surface area contributed by atoms with Crippen molar-refractivity contribution in [2.75, 3.05) is 6.54 Å². The summed E-state index contributed by atoms with van der Waals surface area (Å²) in [5, 5.41) is 18.8. The minimum absolute atomic E-state index is 0.0483. The summed E-state index contributed by atoms with van der Waals surface area (Å²) in [6.45, 7) is 5.47. The van der Waals surface area contributed by atoms with Crippen LogP contribution in [0.3, 0.4) is 0 Å². The summed E-state index contributed by atoms with van der Waals surface area (Å²) in [6, 6.07) is 4.75. The van der Waals surface area contributed by atoms with E-state index in [0.29, 0.717) is 11.3 Å². The largest absolute Gasteiger partial charge is 0.389 e. The van der Waals surface area contributed by atoms with Crippen molar-refractivity contribution in [3.8, 4) is 6.07 Å². The number of nitrogens with zero attached hydrogens (tertiary/aromatic N) is 1. The van der Waals surface area contributed by atoms with E-state index in [4.69, 9.17) is 5.26 Å². The fraction of sp³-hybridized carbons (Fsp3) is 0.583. The maximum atomic E-state index is 12.0. The lowest BCUT2D eigenvalue weighted by atomic mass is 9.95. The van der Waals surface area contributed by atoms with Crippen LogP contribution in [0.15, 0.2) is 16.3 Å². The topological polar surface area (TPSA) is 90.2 Å². The molecule has 0 aliphatic rings. The Morgan fingerprint density at radius 1 is 1.53 bits per heavy atom. The molecular formula is C12H18N2O3S2. The third-order valence-corrected chi connectivity index (χ3v) is 5.33. The molecule has 0 bridgehead atoms. The fourth-order valence-corrected chi connectivity index (χ4v) is 4.11. The van der Waals surface area contributed by atoms with Crippen LogP contribution in [-0.4, -0.2) is 25.7 Å². The zero-order valence-corrected chi connectivity index (χ0v) is 12.8. The standard InChI is InChI=1S/C12H18N2O3S2/c1-9(2)6-12(3,15)8-14-19(16,17)11-5-4-10(7-13)18-11/h4-5,9,14-15H,6,8H2,1-3H3. The summed E-state index contributed by atoms with van der Waals surface area (Å²) in [4.78, 5) is 0.342. The molecule has 2 N–H and O–H groups in total. The normalized spacial score (nSPS) is 15.2. The molecule has 0 radical (unpaired) electrons. The minimum Gasteiger partial charge on any atom is -0.389 e. The third kappa shape index (κ3) is 4.91.